The van der Waals surface area contributed by atoms with Gasteiger partial charge in [0.15, 0.2) is 0 Å². The van der Waals surface area contributed by atoms with Crippen LogP contribution in [0.4, 0.5) is 0 Å². The van der Waals surface area contributed by atoms with Crippen LogP contribution >= 0.6 is 0 Å². The topological polar surface area (TPSA) is 53.1 Å². The normalized spacial score (nSPS) is 12.5. The van der Waals surface area contributed by atoms with Gasteiger partial charge in [-0.15, -0.1) is 0 Å². The second-order valence-electron chi connectivity index (χ2n) is 5.93. The highest BCUT2D eigenvalue weighted by Crippen LogP contribution is 2.33. The Morgan fingerprint density at radius 2 is 1.81 bits per heavy atom. The molecule has 1 unspecified atom stereocenters. The second-order valence-corrected chi connectivity index (χ2v) is 5.93. The molecule has 0 aliphatic carbocycles. The van der Waals surface area contributed by atoms with E-state index < -0.39 is 0 Å². The first kappa shape index (κ1) is 15.6. The molecule has 114 valence electrons. The van der Waals surface area contributed by atoms with Gasteiger partial charge in [-0.05, 0) is 57.7 Å². The maximum absolute atomic E-state index is 6.25. The lowest BCUT2D eigenvalue weighted by atomic mass is 10.1. The molecule has 1 aromatic heterocycles. The van der Waals surface area contributed by atoms with E-state index in [4.69, 9.17) is 10.5 Å². The van der Waals surface area contributed by atoms with Crippen molar-refractivity contribution in [1.82, 2.24) is 9.78 Å². The molecule has 2 aromatic rings. The standard InChI is InChI=1S/C17H25N3O/c1-10-7-8-11(2)16(13(10)4)21-17-15(9-12(3)18)14(5)19-20(17)6/h7-8,12H,9,18H2,1-6H3. The first-order chi connectivity index (χ1) is 9.81. The van der Waals surface area contributed by atoms with E-state index in [1.807, 2.05) is 20.9 Å². The van der Waals surface area contributed by atoms with Crippen molar-refractivity contribution in [2.75, 3.05) is 0 Å². The summed E-state index contributed by atoms with van der Waals surface area (Å²) >= 11 is 0. The summed E-state index contributed by atoms with van der Waals surface area (Å²) in [5, 5.41) is 4.48. The second kappa shape index (κ2) is 5.90. The number of nitrogens with zero attached hydrogens (tertiary/aromatic N) is 2. The van der Waals surface area contributed by atoms with E-state index in [9.17, 15) is 0 Å². The first-order valence-electron chi connectivity index (χ1n) is 7.34. The molecule has 1 atom stereocenters. The predicted octanol–water partition coefficient (Wildman–Crippen LogP) is 3.34. The number of rotatable bonds is 4. The molecule has 2 N–H and O–H groups in total. The number of nitrogens with two attached hydrogens (primary N) is 1. The highest BCUT2D eigenvalue weighted by atomic mass is 16.5. The maximum atomic E-state index is 6.25. The van der Waals surface area contributed by atoms with Gasteiger partial charge in [-0.25, -0.2) is 4.68 Å². The fraction of sp³-hybridized carbons (Fsp3) is 0.471. The summed E-state index contributed by atoms with van der Waals surface area (Å²) in [6, 6.07) is 4.29. The highest BCUT2D eigenvalue weighted by Gasteiger charge is 2.18. The monoisotopic (exact) mass is 287 g/mol. The predicted molar refractivity (Wildman–Crippen MR) is 86.0 cm³/mol. The molecule has 21 heavy (non-hydrogen) atoms. The van der Waals surface area contributed by atoms with Gasteiger partial charge in [-0.1, -0.05) is 12.1 Å². The molecule has 1 heterocycles. The van der Waals surface area contributed by atoms with E-state index in [0.717, 1.165) is 34.9 Å². The van der Waals surface area contributed by atoms with E-state index in [1.54, 1.807) is 4.68 Å². The minimum Gasteiger partial charge on any atom is -0.438 e. The average Bonchev–Trinajstić information content (AvgIpc) is 2.65. The van der Waals surface area contributed by atoms with Gasteiger partial charge in [-0.2, -0.15) is 5.10 Å². The van der Waals surface area contributed by atoms with Gasteiger partial charge in [0.25, 0.3) is 0 Å². The number of aromatic nitrogens is 2. The number of hydrogen-bond acceptors (Lipinski definition) is 3. The van der Waals surface area contributed by atoms with E-state index in [1.165, 1.54) is 11.1 Å². The third-order valence-electron chi connectivity index (χ3n) is 3.89. The van der Waals surface area contributed by atoms with Crippen LogP contribution in [0.5, 0.6) is 11.6 Å². The fourth-order valence-electron chi connectivity index (χ4n) is 2.54. The molecule has 0 amide bonds. The van der Waals surface area contributed by atoms with Crippen LogP contribution in [0.15, 0.2) is 12.1 Å². The Labute approximate surface area is 126 Å². The lowest BCUT2D eigenvalue weighted by Crippen LogP contribution is -2.18. The molecule has 0 aliphatic heterocycles. The summed E-state index contributed by atoms with van der Waals surface area (Å²) in [5.74, 6) is 1.71. The quantitative estimate of drug-likeness (QED) is 0.938. The smallest absolute Gasteiger partial charge is 0.221 e. The molecular weight excluding hydrogens is 262 g/mol. The van der Waals surface area contributed by atoms with Crippen LogP contribution in [0.25, 0.3) is 0 Å². The van der Waals surface area contributed by atoms with Crippen LogP contribution in [-0.2, 0) is 13.5 Å². The van der Waals surface area contributed by atoms with E-state index in [0.29, 0.717) is 0 Å². The van der Waals surface area contributed by atoms with Crippen molar-refractivity contribution in [3.8, 4) is 11.6 Å². The molecule has 4 heteroatoms. The zero-order valence-electron chi connectivity index (χ0n) is 13.8. The van der Waals surface area contributed by atoms with Crippen molar-refractivity contribution in [3.63, 3.8) is 0 Å². The van der Waals surface area contributed by atoms with Gasteiger partial charge in [-0.3, -0.25) is 0 Å². The van der Waals surface area contributed by atoms with Crippen LogP contribution in [0.3, 0.4) is 0 Å². The summed E-state index contributed by atoms with van der Waals surface area (Å²) < 4.78 is 8.05. The molecule has 2 rings (SSSR count). The van der Waals surface area contributed by atoms with Gasteiger partial charge >= 0.3 is 0 Å². The van der Waals surface area contributed by atoms with Crippen LogP contribution < -0.4 is 10.5 Å². The Bertz CT molecular complexity index is 657. The number of aryl methyl sites for hydroxylation is 4. The Balaban J connectivity index is 2.47. The van der Waals surface area contributed by atoms with Gasteiger partial charge in [0, 0.05) is 18.7 Å². The molecule has 4 nitrogen and oxygen atoms in total. The first-order valence-corrected chi connectivity index (χ1v) is 7.34. The molecule has 0 aliphatic rings. The third kappa shape index (κ3) is 3.10. The molecule has 0 saturated carbocycles. The SMILES string of the molecule is Cc1ccc(C)c(Oc2c(CC(C)N)c(C)nn2C)c1C. The van der Waals surface area contributed by atoms with Gasteiger partial charge in [0.2, 0.25) is 5.88 Å². The van der Waals surface area contributed by atoms with Crippen molar-refractivity contribution in [2.45, 2.75) is 47.1 Å². The zero-order valence-corrected chi connectivity index (χ0v) is 13.8. The lowest BCUT2D eigenvalue weighted by molar-refractivity contribution is 0.418. The highest BCUT2D eigenvalue weighted by molar-refractivity contribution is 5.47. The summed E-state index contributed by atoms with van der Waals surface area (Å²) in [6.45, 7) is 10.3. The van der Waals surface area contributed by atoms with Crippen LogP contribution in [0, 0.1) is 27.7 Å². The van der Waals surface area contributed by atoms with Crippen molar-refractivity contribution >= 4 is 0 Å². The number of benzene rings is 1. The lowest BCUT2D eigenvalue weighted by Gasteiger charge is -2.15. The van der Waals surface area contributed by atoms with E-state index >= 15 is 0 Å². The maximum Gasteiger partial charge on any atom is 0.221 e. The molecule has 0 spiro atoms. The van der Waals surface area contributed by atoms with Crippen molar-refractivity contribution in [1.29, 1.82) is 0 Å². The molecule has 0 fully saturated rings. The molecule has 0 bridgehead atoms. The number of hydrogen-bond donors (Lipinski definition) is 1. The van der Waals surface area contributed by atoms with Crippen molar-refractivity contribution < 1.29 is 4.74 Å². The summed E-state index contributed by atoms with van der Waals surface area (Å²) in [7, 11) is 1.91. The van der Waals surface area contributed by atoms with E-state index in [-0.39, 0.29) is 6.04 Å². The van der Waals surface area contributed by atoms with Crippen LogP contribution in [0.2, 0.25) is 0 Å². The molecule has 0 saturated heterocycles. The van der Waals surface area contributed by atoms with Crippen LogP contribution in [-0.4, -0.2) is 15.8 Å². The Morgan fingerprint density at radius 1 is 1.19 bits per heavy atom. The van der Waals surface area contributed by atoms with Gasteiger partial charge in [0.05, 0.1) is 5.69 Å². The summed E-state index contributed by atoms with van der Waals surface area (Å²) in [6.07, 6.45) is 0.763. The van der Waals surface area contributed by atoms with Crippen molar-refractivity contribution in [2.24, 2.45) is 12.8 Å². The Hall–Kier alpha value is -1.81. The van der Waals surface area contributed by atoms with Gasteiger partial charge in [0.1, 0.15) is 5.75 Å². The molecule has 1 aromatic carbocycles. The van der Waals surface area contributed by atoms with Crippen molar-refractivity contribution in [3.05, 3.63) is 40.1 Å². The minimum atomic E-state index is 0.0787. The summed E-state index contributed by atoms with van der Waals surface area (Å²) in [4.78, 5) is 0. The Morgan fingerprint density at radius 3 is 2.43 bits per heavy atom. The van der Waals surface area contributed by atoms with Gasteiger partial charge < -0.3 is 10.5 Å². The number of ether oxygens (including phenoxy) is 1. The zero-order chi connectivity index (χ0) is 15.7. The van der Waals surface area contributed by atoms with Crippen LogP contribution in [0.1, 0.15) is 34.9 Å². The average molecular weight is 287 g/mol. The summed E-state index contributed by atoms with van der Waals surface area (Å²) in [5.41, 5.74) is 11.5. The molecule has 0 radical (unpaired) electrons. The minimum absolute atomic E-state index is 0.0787. The largest absolute Gasteiger partial charge is 0.438 e. The fourth-order valence-corrected chi connectivity index (χ4v) is 2.54. The molecular formula is C17H25N3O. The Kier molecular flexibility index (Phi) is 4.37. The third-order valence-corrected chi connectivity index (χ3v) is 3.89. The van der Waals surface area contributed by atoms with E-state index in [2.05, 4.69) is 38.0 Å².